The van der Waals surface area contributed by atoms with E-state index in [-0.39, 0.29) is 36.0 Å². The quantitative estimate of drug-likeness (QED) is 0.892. The van der Waals surface area contributed by atoms with Crippen molar-refractivity contribution >= 4 is 23.4 Å². The topological polar surface area (TPSA) is 69.7 Å². The van der Waals surface area contributed by atoms with Crippen molar-refractivity contribution in [3.63, 3.8) is 0 Å². The lowest BCUT2D eigenvalue weighted by Gasteiger charge is -2.32. The van der Waals surface area contributed by atoms with Gasteiger partial charge in [0.2, 0.25) is 17.7 Å². The molecule has 0 aromatic heterocycles. The Morgan fingerprint density at radius 3 is 2.38 bits per heavy atom. The average Bonchev–Trinajstić information content (AvgIpc) is 3.04. The number of carbonyl (C=O) groups is 3. The van der Waals surface area contributed by atoms with E-state index >= 15 is 0 Å². The van der Waals surface area contributed by atoms with Gasteiger partial charge < -0.3 is 15.1 Å². The van der Waals surface area contributed by atoms with Crippen molar-refractivity contribution in [1.29, 1.82) is 0 Å². The van der Waals surface area contributed by atoms with Crippen molar-refractivity contribution in [3.8, 4) is 0 Å². The summed E-state index contributed by atoms with van der Waals surface area (Å²) >= 11 is 0. The molecule has 1 N–H and O–H groups in total. The van der Waals surface area contributed by atoms with E-state index in [1.807, 2.05) is 43.0 Å². The molecule has 1 aromatic rings. The molecular weight excluding hydrogens is 330 g/mol. The van der Waals surface area contributed by atoms with Gasteiger partial charge in [-0.15, -0.1) is 0 Å². The first kappa shape index (κ1) is 18.4. The molecule has 2 aliphatic heterocycles. The summed E-state index contributed by atoms with van der Waals surface area (Å²) in [6.07, 6.45) is 1.66. The minimum Gasteiger partial charge on any atom is -0.356 e. The number of benzene rings is 1. The lowest BCUT2D eigenvalue weighted by Crippen LogP contribution is -2.45. The summed E-state index contributed by atoms with van der Waals surface area (Å²) in [5, 5.41) is 2.85. The Bertz CT molecular complexity index is 678. The van der Waals surface area contributed by atoms with Crippen LogP contribution in [0.25, 0.3) is 0 Å². The van der Waals surface area contributed by atoms with Crippen LogP contribution >= 0.6 is 0 Å². The van der Waals surface area contributed by atoms with Crippen LogP contribution in [0.4, 0.5) is 5.69 Å². The van der Waals surface area contributed by atoms with Crippen molar-refractivity contribution < 1.29 is 14.4 Å². The largest absolute Gasteiger partial charge is 0.356 e. The van der Waals surface area contributed by atoms with Crippen molar-refractivity contribution in [3.05, 3.63) is 29.8 Å². The number of piperidine rings is 1. The fraction of sp³-hybridized carbons (Fsp3) is 0.550. The van der Waals surface area contributed by atoms with Gasteiger partial charge in [-0.2, -0.15) is 0 Å². The highest BCUT2D eigenvalue weighted by Crippen LogP contribution is 2.28. The third-order valence-corrected chi connectivity index (χ3v) is 5.35. The molecule has 0 spiro atoms. The summed E-state index contributed by atoms with van der Waals surface area (Å²) in [5.74, 6) is -0.161. The van der Waals surface area contributed by atoms with Crippen molar-refractivity contribution in [2.75, 3.05) is 31.1 Å². The van der Waals surface area contributed by atoms with Gasteiger partial charge >= 0.3 is 0 Å². The van der Waals surface area contributed by atoms with Crippen molar-refractivity contribution in [2.24, 2.45) is 11.8 Å². The summed E-state index contributed by atoms with van der Waals surface area (Å²) < 4.78 is 0. The van der Waals surface area contributed by atoms with Crippen LogP contribution in [-0.4, -0.2) is 48.8 Å². The first-order valence-electron chi connectivity index (χ1n) is 9.43. The molecule has 2 heterocycles. The van der Waals surface area contributed by atoms with Gasteiger partial charge in [-0.05, 0) is 38.8 Å². The van der Waals surface area contributed by atoms with E-state index in [1.165, 1.54) is 0 Å². The van der Waals surface area contributed by atoms with E-state index < -0.39 is 0 Å². The van der Waals surface area contributed by atoms with Gasteiger partial charge in [0.25, 0.3) is 0 Å². The van der Waals surface area contributed by atoms with Crippen LogP contribution in [0.3, 0.4) is 0 Å². The highest BCUT2D eigenvalue weighted by atomic mass is 16.2. The van der Waals surface area contributed by atoms with E-state index in [1.54, 1.807) is 4.90 Å². The van der Waals surface area contributed by atoms with Crippen LogP contribution in [0.2, 0.25) is 0 Å². The van der Waals surface area contributed by atoms with E-state index in [2.05, 4.69) is 5.32 Å². The Balaban J connectivity index is 1.57. The molecular formula is C20H27N3O3. The van der Waals surface area contributed by atoms with Crippen molar-refractivity contribution in [2.45, 2.75) is 33.1 Å². The van der Waals surface area contributed by atoms with Gasteiger partial charge in [0.05, 0.1) is 5.92 Å². The predicted octanol–water partition coefficient (Wildman–Crippen LogP) is 1.72. The Labute approximate surface area is 154 Å². The summed E-state index contributed by atoms with van der Waals surface area (Å²) in [6, 6.07) is 7.81. The summed E-state index contributed by atoms with van der Waals surface area (Å²) in [7, 11) is 0. The van der Waals surface area contributed by atoms with Gasteiger partial charge in [0, 0.05) is 44.2 Å². The van der Waals surface area contributed by atoms with E-state index in [0.29, 0.717) is 39.0 Å². The molecule has 1 atom stereocenters. The molecule has 2 aliphatic rings. The molecule has 0 unspecified atom stereocenters. The molecule has 0 aliphatic carbocycles. The number of rotatable bonds is 4. The number of carbonyl (C=O) groups excluding carboxylic acids is 3. The molecule has 140 valence electrons. The van der Waals surface area contributed by atoms with Gasteiger partial charge in [-0.1, -0.05) is 17.7 Å². The second-order valence-electron chi connectivity index (χ2n) is 7.24. The smallest absolute Gasteiger partial charge is 0.228 e. The lowest BCUT2D eigenvalue weighted by atomic mass is 9.94. The molecule has 6 nitrogen and oxygen atoms in total. The molecule has 2 saturated heterocycles. The fourth-order valence-electron chi connectivity index (χ4n) is 3.79. The molecule has 0 radical (unpaired) electrons. The molecule has 3 amide bonds. The second-order valence-corrected chi connectivity index (χ2v) is 7.24. The minimum absolute atomic E-state index is 0.00409. The van der Waals surface area contributed by atoms with Crippen LogP contribution in [0.1, 0.15) is 31.7 Å². The Hall–Kier alpha value is -2.37. The zero-order valence-electron chi connectivity index (χ0n) is 15.5. The van der Waals surface area contributed by atoms with Crippen LogP contribution in [0.15, 0.2) is 24.3 Å². The summed E-state index contributed by atoms with van der Waals surface area (Å²) in [5.41, 5.74) is 1.99. The number of hydrogen-bond donors (Lipinski definition) is 1. The molecule has 2 fully saturated rings. The zero-order chi connectivity index (χ0) is 18.7. The second kappa shape index (κ2) is 7.89. The van der Waals surface area contributed by atoms with E-state index in [9.17, 15) is 14.4 Å². The number of hydrogen-bond acceptors (Lipinski definition) is 3. The molecule has 0 bridgehead atoms. The maximum absolute atomic E-state index is 12.8. The van der Waals surface area contributed by atoms with Gasteiger partial charge in [0.1, 0.15) is 0 Å². The maximum Gasteiger partial charge on any atom is 0.228 e. The van der Waals surface area contributed by atoms with Crippen molar-refractivity contribution in [1.82, 2.24) is 10.2 Å². The Morgan fingerprint density at radius 1 is 1.12 bits per heavy atom. The van der Waals surface area contributed by atoms with Crippen LogP contribution in [0, 0.1) is 18.8 Å². The monoisotopic (exact) mass is 357 g/mol. The molecule has 0 saturated carbocycles. The highest BCUT2D eigenvalue weighted by molar-refractivity contribution is 6.00. The predicted molar refractivity (Wildman–Crippen MR) is 99.6 cm³/mol. The normalized spacial score (nSPS) is 21.2. The molecule has 1 aromatic carbocycles. The van der Waals surface area contributed by atoms with E-state index in [4.69, 9.17) is 0 Å². The molecule has 26 heavy (non-hydrogen) atoms. The summed E-state index contributed by atoms with van der Waals surface area (Å²) in [4.78, 5) is 40.7. The van der Waals surface area contributed by atoms with Crippen LogP contribution in [0.5, 0.6) is 0 Å². The molecule has 6 heteroatoms. The third-order valence-electron chi connectivity index (χ3n) is 5.35. The first-order valence-corrected chi connectivity index (χ1v) is 9.43. The number of amides is 3. The van der Waals surface area contributed by atoms with Gasteiger partial charge in [0.15, 0.2) is 0 Å². The Morgan fingerprint density at radius 2 is 1.77 bits per heavy atom. The maximum atomic E-state index is 12.8. The SMILES string of the molecule is CCNC(=O)C1CCN(C(=O)[C@@H]2CC(=O)N(c3ccc(C)cc3)C2)CC1. The minimum atomic E-state index is -0.287. The number of nitrogens with one attached hydrogen (secondary N) is 1. The number of anilines is 1. The average molecular weight is 357 g/mol. The first-order chi connectivity index (χ1) is 12.5. The number of likely N-dealkylation sites (tertiary alicyclic amines) is 1. The molecule has 3 rings (SSSR count). The zero-order valence-corrected chi connectivity index (χ0v) is 15.5. The Kier molecular flexibility index (Phi) is 5.59. The highest BCUT2D eigenvalue weighted by Gasteiger charge is 2.38. The fourth-order valence-corrected chi connectivity index (χ4v) is 3.79. The van der Waals surface area contributed by atoms with Crippen LogP contribution in [-0.2, 0) is 14.4 Å². The number of nitrogens with zero attached hydrogens (tertiary/aromatic N) is 2. The standard InChI is InChI=1S/C20H27N3O3/c1-3-21-19(25)15-8-10-22(11-9-15)20(26)16-12-18(24)23(13-16)17-6-4-14(2)5-7-17/h4-7,15-16H,3,8-13H2,1-2H3,(H,21,25)/t16-/m1/s1. The number of aryl methyl sites for hydroxylation is 1. The lowest BCUT2D eigenvalue weighted by molar-refractivity contribution is -0.139. The van der Waals surface area contributed by atoms with Crippen LogP contribution < -0.4 is 10.2 Å². The summed E-state index contributed by atoms with van der Waals surface area (Å²) in [6.45, 7) is 6.18. The third kappa shape index (κ3) is 3.89. The van der Waals surface area contributed by atoms with E-state index in [0.717, 1.165) is 11.3 Å². The van der Waals surface area contributed by atoms with Gasteiger partial charge in [-0.25, -0.2) is 0 Å². The van der Waals surface area contributed by atoms with Gasteiger partial charge in [-0.3, -0.25) is 14.4 Å².